The minimum absolute atomic E-state index is 0.396. The molecule has 7 nitrogen and oxygen atoms in total. The second-order valence-corrected chi connectivity index (χ2v) is 7.14. The van der Waals surface area contributed by atoms with E-state index in [4.69, 9.17) is 0 Å². The lowest BCUT2D eigenvalue weighted by atomic mass is 10.2. The molecule has 1 atom stereocenters. The van der Waals surface area contributed by atoms with Crippen LogP contribution in [0.5, 0.6) is 0 Å². The molecule has 0 amide bonds. The molecule has 1 aliphatic heterocycles. The Morgan fingerprint density at radius 1 is 1.23 bits per heavy atom. The second kappa shape index (κ2) is 11.2. The Morgan fingerprint density at radius 2 is 2.04 bits per heavy atom. The largest absolute Gasteiger partial charge is 0.354 e. The number of nitrogens with zero attached hydrogens (tertiary/aromatic N) is 5. The van der Waals surface area contributed by atoms with Crippen molar-refractivity contribution in [3.05, 3.63) is 11.6 Å². The van der Waals surface area contributed by atoms with Gasteiger partial charge in [0.05, 0.1) is 6.54 Å². The van der Waals surface area contributed by atoms with Crippen LogP contribution in [0, 0.1) is 0 Å². The molecule has 0 aromatic carbocycles. The molecule has 0 fully saturated rings. The van der Waals surface area contributed by atoms with Gasteiger partial charge in [0, 0.05) is 26.1 Å². The molecule has 0 spiro atoms. The van der Waals surface area contributed by atoms with Gasteiger partial charge in [0.1, 0.15) is 5.82 Å². The summed E-state index contributed by atoms with van der Waals surface area (Å²) in [5, 5.41) is 15.6. The highest BCUT2D eigenvalue weighted by molar-refractivity contribution is 5.79. The fourth-order valence-electron chi connectivity index (χ4n) is 3.50. The van der Waals surface area contributed by atoms with Gasteiger partial charge in [0.15, 0.2) is 11.8 Å². The van der Waals surface area contributed by atoms with E-state index in [0.29, 0.717) is 12.6 Å². The molecule has 1 aromatic rings. The number of aliphatic imine (C=N–C) groups is 1. The molecule has 2 rings (SSSR count). The van der Waals surface area contributed by atoms with E-state index in [0.717, 1.165) is 56.6 Å². The van der Waals surface area contributed by atoms with Gasteiger partial charge >= 0.3 is 0 Å². The molecule has 26 heavy (non-hydrogen) atoms. The topological polar surface area (TPSA) is 70.4 Å². The summed E-state index contributed by atoms with van der Waals surface area (Å²) in [5.41, 5.74) is 0. The van der Waals surface area contributed by atoms with Crippen molar-refractivity contribution >= 4 is 5.96 Å². The van der Waals surface area contributed by atoms with E-state index in [1.807, 2.05) is 7.05 Å². The van der Waals surface area contributed by atoms with Gasteiger partial charge in [0.25, 0.3) is 0 Å². The number of hydrogen-bond acceptors (Lipinski definition) is 4. The molecule has 0 radical (unpaired) electrons. The van der Waals surface area contributed by atoms with Crippen LogP contribution in [0.25, 0.3) is 0 Å². The molecule has 0 bridgehead atoms. The molecule has 0 aliphatic carbocycles. The van der Waals surface area contributed by atoms with E-state index in [1.54, 1.807) is 0 Å². The first kappa shape index (κ1) is 20.7. The Morgan fingerprint density at radius 3 is 2.77 bits per heavy atom. The highest BCUT2D eigenvalue weighted by Crippen LogP contribution is 2.14. The molecule has 1 aliphatic rings. The van der Waals surface area contributed by atoms with Crippen molar-refractivity contribution in [2.75, 3.05) is 26.7 Å². The summed E-state index contributed by atoms with van der Waals surface area (Å²) in [6.07, 6.45) is 7.10. The lowest BCUT2D eigenvalue weighted by molar-refractivity contribution is 0.292. The first-order valence-electron chi connectivity index (χ1n) is 10.3. The third-order valence-electron chi connectivity index (χ3n) is 5.21. The summed E-state index contributed by atoms with van der Waals surface area (Å²) >= 11 is 0. The first-order valence-corrected chi connectivity index (χ1v) is 10.3. The van der Waals surface area contributed by atoms with E-state index in [-0.39, 0.29) is 0 Å². The Kier molecular flexibility index (Phi) is 8.88. The van der Waals surface area contributed by atoms with E-state index in [2.05, 4.69) is 56.1 Å². The van der Waals surface area contributed by atoms with Crippen molar-refractivity contribution in [1.82, 2.24) is 30.3 Å². The van der Waals surface area contributed by atoms with Crippen LogP contribution >= 0.6 is 0 Å². The predicted octanol–water partition coefficient (Wildman–Crippen LogP) is 2.18. The third kappa shape index (κ3) is 6.27. The molecule has 2 heterocycles. The summed E-state index contributed by atoms with van der Waals surface area (Å²) < 4.78 is 2.28. The molecule has 2 N–H and O–H groups in total. The van der Waals surface area contributed by atoms with Crippen LogP contribution in [-0.4, -0.2) is 58.3 Å². The first-order chi connectivity index (χ1) is 12.7. The Bertz CT molecular complexity index is 548. The van der Waals surface area contributed by atoms with E-state index < -0.39 is 0 Å². The number of nitrogens with one attached hydrogen (secondary N) is 2. The standard InChI is InChI=1S/C19H37N7/c1-5-25(6-2)13-10-11-16(3)22-19(20-4)21-15-18-24-23-17-12-8-7-9-14-26(17)18/h16H,5-15H2,1-4H3,(H2,20,21,22). The zero-order valence-electron chi connectivity index (χ0n) is 17.1. The van der Waals surface area contributed by atoms with Crippen molar-refractivity contribution in [2.45, 2.75) is 78.4 Å². The van der Waals surface area contributed by atoms with Crippen molar-refractivity contribution < 1.29 is 0 Å². The molecule has 0 saturated carbocycles. The van der Waals surface area contributed by atoms with Crippen LogP contribution in [0.4, 0.5) is 0 Å². The average molecular weight is 364 g/mol. The summed E-state index contributed by atoms with van der Waals surface area (Å²) in [6, 6.07) is 0.396. The quantitative estimate of drug-likeness (QED) is 0.520. The van der Waals surface area contributed by atoms with E-state index in [1.165, 1.54) is 25.7 Å². The lowest BCUT2D eigenvalue weighted by Crippen LogP contribution is -2.42. The van der Waals surface area contributed by atoms with Crippen LogP contribution in [0.1, 0.15) is 64.5 Å². The second-order valence-electron chi connectivity index (χ2n) is 7.14. The van der Waals surface area contributed by atoms with Crippen LogP contribution in [0.15, 0.2) is 4.99 Å². The predicted molar refractivity (Wildman–Crippen MR) is 107 cm³/mol. The van der Waals surface area contributed by atoms with Gasteiger partial charge in [-0.2, -0.15) is 0 Å². The lowest BCUT2D eigenvalue weighted by Gasteiger charge is -2.21. The zero-order valence-corrected chi connectivity index (χ0v) is 17.1. The van der Waals surface area contributed by atoms with E-state index >= 15 is 0 Å². The number of rotatable bonds is 9. The highest BCUT2D eigenvalue weighted by atomic mass is 15.3. The fraction of sp³-hybridized carbons (Fsp3) is 0.842. The fourth-order valence-corrected chi connectivity index (χ4v) is 3.50. The molecule has 7 heteroatoms. The number of aryl methyl sites for hydroxylation is 1. The molecule has 148 valence electrons. The molecular formula is C19H37N7. The number of fused-ring (bicyclic) bond motifs is 1. The highest BCUT2D eigenvalue weighted by Gasteiger charge is 2.15. The van der Waals surface area contributed by atoms with Gasteiger partial charge in [-0.25, -0.2) is 0 Å². The van der Waals surface area contributed by atoms with E-state index in [9.17, 15) is 0 Å². The molecular weight excluding hydrogens is 326 g/mol. The maximum atomic E-state index is 4.37. The van der Waals surface area contributed by atoms with Gasteiger partial charge in [-0.1, -0.05) is 20.3 Å². The maximum absolute atomic E-state index is 4.37. The molecule has 1 aromatic heterocycles. The van der Waals surface area contributed by atoms with Crippen LogP contribution in [0.2, 0.25) is 0 Å². The zero-order chi connectivity index (χ0) is 18.8. The minimum Gasteiger partial charge on any atom is -0.354 e. The van der Waals surface area contributed by atoms with Crippen molar-refractivity contribution in [2.24, 2.45) is 4.99 Å². The van der Waals surface area contributed by atoms with Crippen LogP contribution < -0.4 is 10.6 Å². The number of aromatic nitrogens is 3. The number of hydrogen-bond donors (Lipinski definition) is 2. The molecule has 0 saturated heterocycles. The Labute approximate surface area is 158 Å². The van der Waals surface area contributed by atoms with Gasteiger partial charge in [-0.05, 0) is 52.2 Å². The van der Waals surface area contributed by atoms with Gasteiger partial charge in [0.2, 0.25) is 0 Å². The monoisotopic (exact) mass is 363 g/mol. The van der Waals surface area contributed by atoms with Crippen LogP contribution in [-0.2, 0) is 19.5 Å². The summed E-state index contributed by atoms with van der Waals surface area (Å²) in [5.74, 6) is 2.98. The van der Waals surface area contributed by atoms with Gasteiger partial charge in [-0.3, -0.25) is 4.99 Å². The average Bonchev–Trinajstić information content (AvgIpc) is 2.88. The maximum Gasteiger partial charge on any atom is 0.191 e. The summed E-state index contributed by atoms with van der Waals surface area (Å²) in [7, 11) is 1.82. The Balaban J connectivity index is 1.76. The van der Waals surface area contributed by atoms with Crippen molar-refractivity contribution in [3.8, 4) is 0 Å². The smallest absolute Gasteiger partial charge is 0.191 e. The Hall–Kier alpha value is -1.63. The number of guanidine groups is 1. The minimum atomic E-state index is 0.396. The van der Waals surface area contributed by atoms with Crippen molar-refractivity contribution in [1.29, 1.82) is 0 Å². The molecule has 1 unspecified atom stereocenters. The summed E-state index contributed by atoms with van der Waals surface area (Å²) in [6.45, 7) is 11.8. The summed E-state index contributed by atoms with van der Waals surface area (Å²) in [4.78, 5) is 6.83. The van der Waals surface area contributed by atoms with Crippen molar-refractivity contribution in [3.63, 3.8) is 0 Å². The van der Waals surface area contributed by atoms with Gasteiger partial charge < -0.3 is 20.1 Å². The normalized spacial score (nSPS) is 16.3. The van der Waals surface area contributed by atoms with Crippen LogP contribution in [0.3, 0.4) is 0 Å². The van der Waals surface area contributed by atoms with Gasteiger partial charge in [-0.15, -0.1) is 10.2 Å². The SMILES string of the molecule is CCN(CC)CCCC(C)NC(=NC)NCc1nnc2n1CCCCC2. The third-order valence-corrected chi connectivity index (χ3v) is 5.21.